The third kappa shape index (κ3) is 3.55. The van der Waals surface area contributed by atoms with Crippen molar-refractivity contribution in [2.45, 2.75) is 45.6 Å². The summed E-state index contributed by atoms with van der Waals surface area (Å²) in [5, 5.41) is 0. The molecule has 1 saturated heterocycles. The number of benzene rings is 1. The Labute approximate surface area is 110 Å². The molecular weight excluding hydrogens is 225 g/mol. The van der Waals surface area contributed by atoms with Crippen LogP contribution < -0.4 is 0 Å². The number of halogens is 1. The summed E-state index contributed by atoms with van der Waals surface area (Å²) in [6.07, 6.45) is 3.61. The van der Waals surface area contributed by atoms with Crippen molar-refractivity contribution in [3.05, 3.63) is 35.6 Å². The van der Waals surface area contributed by atoms with Crippen molar-refractivity contribution in [2.75, 3.05) is 13.1 Å². The van der Waals surface area contributed by atoms with Crippen LogP contribution in [0.3, 0.4) is 0 Å². The minimum atomic E-state index is -0.138. The molecule has 0 atom stereocenters. The van der Waals surface area contributed by atoms with Crippen LogP contribution in [-0.4, -0.2) is 23.5 Å². The quantitative estimate of drug-likeness (QED) is 0.769. The molecule has 1 aromatic rings. The van der Waals surface area contributed by atoms with Crippen LogP contribution in [-0.2, 0) is 6.42 Å². The number of likely N-dealkylation sites (tertiary alicyclic amines) is 1. The molecule has 1 aliphatic heterocycles. The molecule has 1 heterocycles. The molecule has 0 amide bonds. The van der Waals surface area contributed by atoms with Gasteiger partial charge in [-0.2, -0.15) is 0 Å². The maximum absolute atomic E-state index is 12.8. The first-order chi connectivity index (χ1) is 8.45. The van der Waals surface area contributed by atoms with E-state index in [0.29, 0.717) is 5.54 Å². The number of rotatable bonds is 2. The first-order valence-corrected chi connectivity index (χ1v) is 6.94. The van der Waals surface area contributed by atoms with Crippen LogP contribution in [0, 0.1) is 11.7 Å². The van der Waals surface area contributed by atoms with E-state index < -0.39 is 0 Å². The third-order valence-electron chi connectivity index (χ3n) is 4.00. The van der Waals surface area contributed by atoms with E-state index >= 15 is 0 Å². The van der Waals surface area contributed by atoms with Crippen LogP contribution in [0.25, 0.3) is 0 Å². The highest BCUT2D eigenvalue weighted by Crippen LogP contribution is 2.26. The fourth-order valence-electron chi connectivity index (χ4n) is 2.76. The molecule has 1 aliphatic rings. The van der Waals surface area contributed by atoms with Gasteiger partial charge in [-0.05, 0) is 76.7 Å². The van der Waals surface area contributed by atoms with Crippen molar-refractivity contribution in [3.63, 3.8) is 0 Å². The second-order valence-electron chi connectivity index (χ2n) is 6.43. The van der Waals surface area contributed by atoms with Crippen molar-refractivity contribution < 1.29 is 4.39 Å². The molecule has 0 aliphatic carbocycles. The molecule has 100 valence electrons. The monoisotopic (exact) mass is 249 g/mol. The predicted octanol–water partition coefficient (Wildman–Crippen LogP) is 3.88. The summed E-state index contributed by atoms with van der Waals surface area (Å²) >= 11 is 0. The minimum Gasteiger partial charge on any atom is -0.298 e. The molecule has 0 unspecified atom stereocenters. The zero-order chi connectivity index (χ0) is 13.2. The first-order valence-electron chi connectivity index (χ1n) is 6.94. The number of piperidine rings is 1. The van der Waals surface area contributed by atoms with Crippen molar-refractivity contribution in [1.82, 2.24) is 4.90 Å². The lowest BCUT2D eigenvalue weighted by Crippen LogP contribution is -2.46. The maximum atomic E-state index is 12.8. The van der Waals surface area contributed by atoms with E-state index in [0.717, 1.165) is 12.3 Å². The fraction of sp³-hybridized carbons (Fsp3) is 0.625. The van der Waals surface area contributed by atoms with Crippen LogP contribution in [0.15, 0.2) is 24.3 Å². The van der Waals surface area contributed by atoms with Crippen LogP contribution >= 0.6 is 0 Å². The van der Waals surface area contributed by atoms with Gasteiger partial charge in [0, 0.05) is 5.54 Å². The highest BCUT2D eigenvalue weighted by molar-refractivity contribution is 5.16. The molecule has 0 aromatic heterocycles. The van der Waals surface area contributed by atoms with Gasteiger partial charge in [0.1, 0.15) is 5.82 Å². The summed E-state index contributed by atoms with van der Waals surface area (Å²) in [6.45, 7) is 9.23. The van der Waals surface area contributed by atoms with E-state index in [9.17, 15) is 4.39 Å². The molecule has 1 aromatic carbocycles. The van der Waals surface area contributed by atoms with Gasteiger partial charge in [-0.3, -0.25) is 4.90 Å². The molecule has 2 rings (SSSR count). The SMILES string of the molecule is CC(C)(C)N1CCC(Cc2ccc(F)cc2)CC1. The van der Waals surface area contributed by atoms with E-state index in [-0.39, 0.29) is 5.82 Å². The molecule has 2 heteroatoms. The molecule has 0 bridgehead atoms. The Kier molecular flexibility index (Phi) is 4.06. The minimum absolute atomic E-state index is 0.138. The zero-order valence-corrected chi connectivity index (χ0v) is 11.7. The standard InChI is InChI=1S/C16H24FN/c1-16(2,3)18-10-8-14(9-11-18)12-13-4-6-15(17)7-5-13/h4-7,14H,8-12H2,1-3H3. The first kappa shape index (κ1) is 13.5. The second-order valence-corrected chi connectivity index (χ2v) is 6.43. The molecule has 0 radical (unpaired) electrons. The van der Waals surface area contributed by atoms with Gasteiger partial charge in [0.05, 0.1) is 0 Å². The van der Waals surface area contributed by atoms with Crippen LogP contribution in [0.2, 0.25) is 0 Å². The van der Waals surface area contributed by atoms with Crippen molar-refractivity contribution in [2.24, 2.45) is 5.92 Å². The molecule has 1 fully saturated rings. The van der Waals surface area contributed by atoms with Gasteiger partial charge in [0.2, 0.25) is 0 Å². The average Bonchev–Trinajstić information content (AvgIpc) is 2.32. The number of hydrogen-bond donors (Lipinski definition) is 0. The Balaban J connectivity index is 1.85. The van der Waals surface area contributed by atoms with Gasteiger partial charge in [0.15, 0.2) is 0 Å². The summed E-state index contributed by atoms with van der Waals surface area (Å²) in [5.74, 6) is 0.621. The van der Waals surface area contributed by atoms with Crippen molar-refractivity contribution >= 4 is 0 Å². The van der Waals surface area contributed by atoms with E-state index in [1.807, 2.05) is 12.1 Å². The third-order valence-corrected chi connectivity index (χ3v) is 4.00. The second kappa shape index (κ2) is 5.40. The normalized spacial score (nSPS) is 19.1. The van der Waals surface area contributed by atoms with E-state index in [1.165, 1.54) is 31.5 Å². The predicted molar refractivity (Wildman–Crippen MR) is 74.2 cm³/mol. The Morgan fingerprint density at radius 3 is 2.17 bits per heavy atom. The molecule has 0 N–H and O–H groups in total. The largest absolute Gasteiger partial charge is 0.298 e. The smallest absolute Gasteiger partial charge is 0.123 e. The van der Waals surface area contributed by atoms with Crippen molar-refractivity contribution in [3.8, 4) is 0 Å². The van der Waals surface area contributed by atoms with Gasteiger partial charge in [0.25, 0.3) is 0 Å². The molecule has 18 heavy (non-hydrogen) atoms. The van der Waals surface area contributed by atoms with E-state index in [4.69, 9.17) is 0 Å². The highest BCUT2D eigenvalue weighted by Gasteiger charge is 2.26. The van der Waals surface area contributed by atoms with Crippen LogP contribution in [0.4, 0.5) is 4.39 Å². The van der Waals surface area contributed by atoms with E-state index in [1.54, 1.807) is 12.1 Å². The molecule has 1 nitrogen and oxygen atoms in total. The Bertz CT molecular complexity index is 369. The van der Waals surface area contributed by atoms with Crippen LogP contribution in [0.1, 0.15) is 39.2 Å². The highest BCUT2D eigenvalue weighted by atomic mass is 19.1. The van der Waals surface area contributed by atoms with Gasteiger partial charge in [-0.15, -0.1) is 0 Å². The summed E-state index contributed by atoms with van der Waals surface area (Å²) in [7, 11) is 0. The summed E-state index contributed by atoms with van der Waals surface area (Å²) in [5.41, 5.74) is 1.56. The van der Waals surface area contributed by atoms with Gasteiger partial charge < -0.3 is 0 Å². The van der Waals surface area contributed by atoms with Gasteiger partial charge in [-0.1, -0.05) is 12.1 Å². The lowest BCUT2D eigenvalue weighted by Gasteiger charge is -2.41. The lowest BCUT2D eigenvalue weighted by molar-refractivity contribution is 0.0876. The average molecular weight is 249 g/mol. The van der Waals surface area contributed by atoms with Gasteiger partial charge in [-0.25, -0.2) is 4.39 Å². The number of hydrogen-bond acceptors (Lipinski definition) is 1. The van der Waals surface area contributed by atoms with Crippen molar-refractivity contribution in [1.29, 1.82) is 0 Å². The summed E-state index contributed by atoms with van der Waals surface area (Å²) < 4.78 is 12.8. The Morgan fingerprint density at radius 2 is 1.67 bits per heavy atom. The summed E-state index contributed by atoms with van der Waals surface area (Å²) in [4.78, 5) is 2.56. The molecular formula is C16H24FN. The fourth-order valence-corrected chi connectivity index (χ4v) is 2.76. The number of nitrogens with zero attached hydrogens (tertiary/aromatic N) is 1. The lowest BCUT2D eigenvalue weighted by atomic mass is 9.88. The van der Waals surface area contributed by atoms with Gasteiger partial charge >= 0.3 is 0 Å². The summed E-state index contributed by atoms with van der Waals surface area (Å²) in [6, 6.07) is 6.98. The Hall–Kier alpha value is -0.890. The molecule has 0 spiro atoms. The zero-order valence-electron chi connectivity index (χ0n) is 11.7. The molecule has 0 saturated carbocycles. The maximum Gasteiger partial charge on any atom is 0.123 e. The topological polar surface area (TPSA) is 3.24 Å². The van der Waals surface area contributed by atoms with Crippen LogP contribution in [0.5, 0.6) is 0 Å². The van der Waals surface area contributed by atoms with E-state index in [2.05, 4.69) is 25.7 Å². The Morgan fingerprint density at radius 1 is 1.11 bits per heavy atom.